The molecule has 2 aromatic rings. The largest absolute Gasteiger partial charge is 0.489 e. The zero-order chi connectivity index (χ0) is 17.8. The molecule has 26 heavy (non-hydrogen) atoms. The fourth-order valence-corrected chi connectivity index (χ4v) is 4.25. The van der Waals surface area contributed by atoms with Gasteiger partial charge < -0.3 is 15.0 Å². The third-order valence-electron chi connectivity index (χ3n) is 5.43. The van der Waals surface area contributed by atoms with Crippen LogP contribution in [0.2, 0.25) is 0 Å². The number of hydrogen-bond donors (Lipinski definition) is 1. The summed E-state index contributed by atoms with van der Waals surface area (Å²) in [6.45, 7) is 5.50. The van der Waals surface area contributed by atoms with Crippen molar-refractivity contribution in [2.24, 2.45) is 0 Å². The lowest BCUT2D eigenvalue weighted by Crippen LogP contribution is -2.31. The zero-order valence-electron chi connectivity index (χ0n) is 15.2. The van der Waals surface area contributed by atoms with Crippen molar-refractivity contribution >= 4 is 15.9 Å². The fourth-order valence-electron chi connectivity index (χ4n) is 3.81. The van der Waals surface area contributed by atoms with E-state index in [-0.39, 0.29) is 0 Å². The van der Waals surface area contributed by atoms with Crippen molar-refractivity contribution in [1.29, 1.82) is 0 Å². The maximum atomic E-state index is 5.91. The molecule has 0 radical (unpaired) electrons. The standard InChI is InChI=1S/C22H27BrN2O/c23-19-5-3-4-17(14-19)16-26-20-8-6-18(7-9-20)21-15-22(21)24-10-13-25-11-1-2-12-25/h3-9,14,21-22,24H,1-2,10-13,15-16H2. The Kier molecular flexibility index (Phi) is 5.93. The van der Waals surface area contributed by atoms with Crippen LogP contribution in [0.1, 0.15) is 36.3 Å². The second kappa shape index (κ2) is 8.55. The molecule has 4 rings (SSSR count). The van der Waals surface area contributed by atoms with Crippen LogP contribution in [-0.2, 0) is 6.61 Å². The summed E-state index contributed by atoms with van der Waals surface area (Å²) in [7, 11) is 0. The summed E-state index contributed by atoms with van der Waals surface area (Å²) in [5, 5.41) is 3.72. The summed E-state index contributed by atoms with van der Waals surface area (Å²) in [6.07, 6.45) is 4.02. The summed E-state index contributed by atoms with van der Waals surface area (Å²) in [5.74, 6) is 1.61. The lowest BCUT2D eigenvalue weighted by molar-refractivity contribution is 0.306. The van der Waals surface area contributed by atoms with E-state index in [1.54, 1.807) is 0 Å². The Morgan fingerprint density at radius 1 is 1.08 bits per heavy atom. The zero-order valence-corrected chi connectivity index (χ0v) is 16.7. The molecule has 2 aliphatic rings. The molecule has 1 aliphatic heterocycles. The second-order valence-electron chi connectivity index (χ2n) is 7.44. The van der Waals surface area contributed by atoms with Gasteiger partial charge in [0.05, 0.1) is 0 Å². The Morgan fingerprint density at radius 2 is 1.88 bits per heavy atom. The van der Waals surface area contributed by atoms with Gasteiger partial charge in [0.15, 0.2) is 0 Å². The number of rotatable bonds is 8. The molecule has 0 spiro atoms. The third-order valence-corrected chi connectivity index (χ3v) is 5.92. The number of hydrogen-bond acceptors (Lipinski definition) is 3. The van der Waals surface area contributed by atoms with E-state index in [0.717, 1.165) is 16.8 Å². The molecule has 1 aliphatic carbocycles. The average Bonchev–Trinajstić information content (AvgIpc) is 3.23. The molecule has 138 valence electrons. The van der Waals surface area contributed by atoms with E-state index < -0.39 is 0 Å². The minimum Gasteiger partial charge on any atom is -0.489 e. The molecule has 1 N–H and O–H groups in total. The number of halogens is 1. The molecule has 2 aromatic carbocycles. The van der Waals surface area contributed by atoms with Gasteiger partial charge in [-0.25, -0.2) is 0 Å². The number of ether oxygens (including phenoxy) is 1. The molecule has 3 nitrogen and oxygen atoms in total. The molecule has 0 aromatic heterocycles. The van der Waals surface area contributed by atoms with Crippen molar-refractivity contribution in [3.8, 4) is 5.75 Å². The normalized spacial score (nSPS) is 22.5. The Hall–Kier alpha value is -1.36. The van der Waals surface area contributed by atoms with Crippen LogP contribution in [0.25, 0.3) is 0 Å². The summed E-state index contributed by atoms with van der Waals surface area (Å²) >= 11 is 3.50. The molecule has 1 saturated heterocycles. The molecule has 4 heteroatoms. The minimum atomic E-state index is 0.600. The highest BCUT2D eigenvalue weighted by atomic mass is 79.9. The van der Waals surface area contributed by atoms with Gasteiger partial charge >= 0.3 is 0 Å². The van der Waals surface area contributed by atoms with E-state index in [2.05, 4.69) is 62.5 Å². The van der Waals surface area contributed by atoms with Crippen LogP contribution in [0.3, 0.4) is 0 Å². The van der Waals surface area contributed by atoms with Crippen molar-refractivity contribution in [2.75, 3.05) is 26.2 Å². The highest BCUT2D eigenvalue weighted by Crippen LogP contribution is 2.41. The Morgan fingerprint density at radius 3 is 2.65 bits per heavy atom. The first-order valence-corrected chi connectivity index (χ1v) is 10.5. The van der Waals surface area contributed by atoms with E-state index in [1.165, 1.54) is 50.0 Å². The van der Waals surface area contributed by atoms with Gasteiger partial charge in [-0.05, 0) is 67.7 Å². The van der Waals surface area contributed by atoms with Gasteiger partial charge in [0.25, 0.3) is 0 Å². The first-order valence-electron chi connectivity index (χ1n) is 9.71. The Labute approximate surface area is 164 Å². The van der Waals surface area contributed by atoms with Gasteiger partial charge in [0.2, 0.25) is 0 Å². The predicted molar refractivity (Wildman–Crippen MR) is 110 cm³/mol. The van der Waals surface area contributed by atoms with Crippen molar-refractivity contribution in [1.82, 2.24) is 10.2 Å². The summed E-state index contributed by atoms with van der Waals surface area (Å²) in [6, 6.07) is 17.6. The van der Waals surface area contributed by atoms with E-state index in [4.69, 9.17) is 4.74 Å². The monoisotopic (exact) mass is 414 g/mol. The molecule has 2 atom stereocenters. The number of nitrogens with one attached hydrogen (secondary N) is 1. The topological polar surface area (TPSA) is 24.5 Å². The number of nitrogens with zero attached hydrogens (tertiary/aromatic N) is 1. The van der Waals surface area contributed by atoms with Gasteiger partial charge in [0, 0.05) is 29.5 Å². The molecular weight excluding hydrogens is 388 g/mol. The van der Waals surface area contributed by atoms with Crippen LogP contribution in [0.15, 0.2) is 53.0 Å². The summed E-state index contributed by atoms with van der Waals surface area (Å²) in [4.78, 5) is 2.57. The summed E-state index contributed by atoms with van der Waals surface area (Å²) in [5.41, 5.74) is 2.60. The van der Waals surface area contributed by atoms with Crippen LogP contribution >= 0.6 is 15.9 Å². The van der Waals surface area contributed by atoms with Crippen LogP contribution in [0, 0.1) is 0 Å². The first-order chi connectivity index (χ1) is 12.8. The predicted octanol–water partition coefficient (Wildman–Crippen LogP) is 4.57. The van der Waals surface area contributed by atoms with Gasteiger partial charge in [-0.2, -0.15) is 0 Å². The average molecular weight is 415 g/mol. The van der Waals surface area contributed by atoms with Gasteiger partial charge in [-0.15, -0.1) is 0 Å². The maximum Gasteiger partial charge on any atom is 0.119 e. The molecule has 0 amide bonds. The third kappa shape index (κ3) is 4.87. The van der Waals surface area contributed by atoms with Gasteiger partial charge in [-0.3, -0.25) is 0 Å². The van der Waals surface area contributed by atoms with Crippen LogP contribution in [-0.4, -0.2) is 37.1 Å². The van der Waals surface area contributed by atoms with E-state index in [9.17, 15) is 0 Å². The fraction of sp³-hybridized carbons (Fsp3) is 0.455. The Bertz CT molecular complexity index is 712. The molecule has 2 unspecified atom stereocenters. The second-order valence-corrected chi connectivity index (χ2v) is 8.35. The quantitative estimate of drug-likeness (QED) is 0.684. The Balaban J connectivity index is 1.21. The lowest BCUT2D eigenvalue weighted by atomic mass is 10.1. The molecule has 0 bridgehead atoms. The van der Waals surface area contributed by atoms with E-state index >= 15 is 0 Å². The molecule has 1 saturated carbocycles. The van der Waals surface area contributed by atoms with Crippen molar-refractivity contribution in [3.63, 3.8) is 0 Å². The smallest absolute Gasteiger partial charge is 0.119 e. The van der Waals surface area contributed by atoms with Crippen LogP contribution in [0.5, 0.6) is 5.75 Å². The first kappa shape index (κ1) is 18.0. The van der Waals surface area contributed by atoms with E-state index in [0.29, 0.717) is 18.6 Å². The van der Waals surface area contributed by atoms with Crippen molar-refractivity contribution < 1.29 is 4.74 Å². The van der Waals surface area contributed by atoms with Crippen LogP contribution in [0.4, 0.5) is 0 Å². The van der Waals surface area contributed by atoms with Gasteiger partial charge in [-0.1, -0.05) is 40.2 Å². The van der Waals surface area contributed by atoms with Crippen LogP contribution < -0.4 is 10.1 Å². The molecular formula is C22H27BrN2O. The highest BCUT2D eigenvalue weighted by Gasteiger charge is 2.37. The SMILES string of the molecule is Brc1cccc(COc2ccc(C3CC3NCCN3CCCC3)cc2)c1. The van der Waals surface area contributed by atoms with E-state index in [1.807, 2.05) is 12.1 Å². The maximum absolute atomic E-state index is 5.91. The number of likely N-dealkylation sites (tertiary alicyclic amines) is 1. The molecule has 1 heterocycles. The minimum absolute atomic E-state index is 0.600. The van der Waals surface area contributed by atoms with Gasteiger partial charge in [0.1, 0.15) is 12.4 Å². The van der Waals surface area contributed by atoms with Crippen molar-refractivity contribution in [2.45, 2.75) is 37.8 Å². The highest BCUT2D eigenvalue weighted by molar-refractivity contribution is 9.10. The number of benzene rings is 2. The lowest BCUT2D eigenvalue weighted by Gasteiger charge is -2.14. The summed E-state index contributed by atoms with van der Waals surface area (Å²) < 4.78 is 7.00. The molecule has 2 fully saturated rings. The van der Waals surface area contributed by atoms with Crippen molar-refractivity contribution in [3.05, 3.63) is 64.1 Å².